The van der Waals surface area contributed by atoms with E-state index in [0.717, 1.165) is 0 Å². The number of carbonyl (C=O) groups excluding carboxylic acids is 1. The molecule has 0 aliphatic carbocycles. The summed E-state index contributed by atoms with van der Waals surface area (Å²) < 4.78 is 10.9. The van der Waals surface area contributed by atoms with Crippen molar-refractivity contribution < 1.29 is 14.3 Å². The molecule has 25 heavy (non-hydrogen) atoms. The van der Waals surface area contributed by atoms with E-state index in [1.807, 2.05) is 13.8 Å². The van der Waals surface area contributed by atoms with Gasteiger partial charge in [-0.1, -0.05) is 34.8 Å². The highest BCUT2D eigenvalue weighted by Gasteiger charge is 2.13. The first-order valence-electron chi connectivity index (χ1n) is 7.37. The fourth-order valence-electron chi connectivity index (χ4n) is 2.01. The van der Waals surface area contributed by atoms with Crippen molar-refractivity contribution in [3.63, 3.8) is 0 Å². The molecule has 2 rings (SSSR count). The van der Waals surface area contributed by atoms with Crippen molar-refractivity contribution in [3.05, 3.63) is 51.0 Å². The molecule has 0 spiro atoms. The van der Waals surface area contributed by atoms with Crippen LogP contribution in [0, 0.1) is 0 Å². The van der Waals surface area contributed by atoms with Crippen LogP contribution in [0.4, 0.5) is 5.69 Å². The molecule has 5 nitrogen and oxygen atoms in total. The third-order valence-electron chi connectivity index (χ3n) is 3.10. The van der Waals surface area contributed by atoms with Gasteiger partial charge in [0.1, 0.15) is 0 Å². The number of amides is 1. The predicted molar refractivity (Wildman–Crippen MR) is 101 cm³/mol. The molecule has 8 heteroatoms. The van der Waals surface area contributed by atoms with Gasteiger partial charge in [0.25, 0.3) is 5.91 Å². The van der Waals surface area contributed by atoms with E-state index in [9.17, 15) is 4.79 Å². The number of methoxy groups -OCH3 is 1. The van der Waals surface area contributed by atoms with Gasteiger partial charge in [0.05, 0.1) is 28.9 Å². The molecule has 0 aliphatic rings. The average Bonchev–Trinajstić information content (AvgIpc) is 2.53. The van der Waals surface area contributed by atoms with E-state index < -0.39 is 5.91 Å². The highest BCUT2D eigenvalue weighted by atomic mass is 35.5. The summed E-state index contributed by atoms with van der Waals surface area (Å²) in [5.41, 5.74) is 5.96. The fourth-order valence-corrected chi connectivity index (χ4v) is 2.92. The lowest BCUT2D eigenvalue weighted by Gasteiger charge is -2.15. The SMILES string of the molecule is COc1cc(C(=O)NNc2c(Cl)cc(Cl)cc2Cl)ccc1OC(C)C. The Morgan fingerprint density at radius 3 is 2.24 bits per heavy atom. The number of anilines is 1. The van der Waals surface area contributed by atoms with Crippen LogP contribution < -0.4 is 20.3 Å². The summed E-state index contributed by atoms with van der Waals surface area (Å²) in [6.45, 7) is 3.81. The van der Waals surface area contributed by atoms with E-state index in [-0.39, 0.29) is 16.1 Å². The molecule has 0 saturated carbocycles. The lowest BCUT2D eigenvalue weighted by Crippen LogP contribution is -2.29. The molecule has 0 radical (unpaired) electrons. The van der Waals surface area contributed by atoms with Gasteiger partial charge in [-0.3, -0.25) is 15.6 Å². The minimum Gasteiger partial charge on any atom is -0.493 e. The van der Waals surface area contributed by atoms with Crippen LogP contribution in [0.15, 0.2) is 30.3 Å². The Labute approximate surface area is 161 Å². The monoisotopic (exact) mass is 402 g/mol. The molecule has 0 unspecified atom stereocenters. The molecule has 2 N–H and O–H groups in total. The maximum atomic E-state index is 12.3. The van der Waals surface area contributed by atoms with Gasteiger partial charge in [-0.15, -0.1) is 0 Å². The molecular weight excluding hydrogens is 387 g/mol. The van der Waals surface area contributed by atoms with Crippen LogP contribution in [0.5, 0.6) is 11.5 Å². The molecule has 0 fully saturated rings. The van der Waals surface area contributed by atoms with Crippen LogP contribution in [0.1, 0.15) is 24.2 Å². The zero-order chi connectivity index (χ0) is 18.6. The van der Waals surface area contributed by atoms with Crippen LogP contribution in [0.25, 0.3) is 0 Å². The third-order valence-corrected chi connectivity index (χ3v) is 3.91. The third kappa shape index (κ3) is 5.08. The van der Waals surface area contributed by atoms with Gasteiger partial charge in [0.2, 0.25) is 0 Å². The minimum absolute atomic E-state index is 0.00979. The van der Waals surface area contributed by atoms with Gasteiger partial charge in [-0.2, -0.15) is 0 Å². The second-order valence-electron chi connectivity index (χ2n) is 5.36. The van der Waals surface area contributed by atoms with E-state index in [0.29, 0.717) is 27.8 Å². The van der Waals surface area contributed by atoms with E-state index in [1.54, 1.807) is 18.2 Å². The summed E-state index contributed by atoms with van der Waals surface area (Å²) in [4.78, 5) is 12.3. The number of carbonyl (C=O) groups is 1. The second-order valence-corrected chi connectivity index (χ2v) is 6.61. The van der Waals surface area contributed by atoms with Gasteiger partial charge in [-0.05, 0) is 44.2 Å². The molecule has 0 aliphatic heterocycles. The van der Waals surface area contributed by atoms with Crippen LogP contribution in [0.3, 0.4) is 0 Å². The second kappa shape index (κ2) is 8.52. The van der Waals surface area contributed by atoms with Crippen molar-refractivity contribution in [2.24, 2.45) is 0 Å². The predicted octanol–water partition coefficient (Wildman–Crippen LogP) is 5.20. The lowest BCUT2D eigenvalue weighted by molar-refractivity contribution is 0.0962. The Kier molecular flexibility index (Phi) is 6.64. The Balaban J connectivity index is 2.13. The lowest BCUT2D eigenvalue weighted by atomic mass is 10.2. The van der Waals surface area contributed by atoms with Gasteiger partial charge < -0.3 is 9.47 Å². The smallest absolute Gasteiger partial charge is 0.269 e. The molecule has 134 valence electrons. The molecule has 2 aromatic carbocycles. The number of hydrogen-bond acceptors (Lipinski definition) is 4. The number of ether oxygens (including phenoxy) is 2. The maximum Gasteiger partial charge on any atom is 0.269 e. The van der Waals surface area contributed by atoms with E-state index >= 15 is 0 Å². The molecule has 2 aromatic rings. The summed E-state index contributed by atoms with van der Waals surface area (Å²) in [6.07, 6.45) is -0.00979. The first kappa shape index (κ1) is 19.5. The molecule has 1 amide bonds. The van der Waals surface area contributed by atoms with Crippen LogP contribution in [0.2, 0.25) is 15.1 Å². The van der Waals surface area contributed by atoms with Crippen molar-refractivity contribution in [3.8, 4) is 11.5 Å². The Morgan fingerprint density at radius 2 is 1.68 bits per heavy atom. The molecule has 0 aromatic heterocycles. The largest absolute Gasteiger partial charge is 0.493 e. The van der Waals surface area contributed by atoms with E-state index in [1.165, 1.54) is 19.2 Å². The van der Waals surface area contributed by atoms with Gasteiger partial charge in [0, 0.05) is 10.6 Å². The normalized spacial score (nSPS) is 10.5. The highest BCUT2D eigenvalue weighted by Crippen LogP contribution is 2.33. The summed E-state index contributed by atoms with van der Waals surface area (Å²) in [7, 11) is 1.51. The van der Waals surface area contributed by atoms with Gasteiger partial charge >= 0.3 is 0 Å². The molecule has 0 heterocycles. The number of halogens is 3. The molecular formula is C17H17Cl3N2O3. The zero-order valence-electron chi connectivity index (χ0n) is 13.8. The standard InChI is InChI=1S/C17H17Cl3N2O3/c1-9(2)25-14-5-4-10(6-15(14)24-3)17(23)22-21-16-12(19)7-11(18)8-13(16)20/h4-9,21H,1-3H3,(H,22,23). The summed E-state index contributed by atoms with van der Waals surface area (Å²) >= 11 is 18.0. The number of hydrogen-bond donors (Lipinski definition) is 2. The topological polar surface area (TPSA) is 59.6 Å². The van der Waals surface area contributed by atoms with Gasteiger partial charge in [0.15, 0.2) is 11.5 Å². The van der Waals surface area contributed by atoms with Crippen LogP contribution in [-0.2, 0) is 0 Å². The fraction of sp³-hybridized carbons (Fsp3) is 0.235. The van der Waals surface area contributed by atoms with Crippen molar-refractivity contribution in [1.29, 1.82) is 0 Å². The molecule has 0 saturated heterocycles. The van der Waals surface area contributed by atoms with Crippen LogP contribution in [-0.4, -0.2) is 19.1 Å². The number of nitrogens with one attached hydrogen (secondary N) is 2. The summed E-state index contributed by atoms with van der Waals surface area (Å²) in [6, 6.07) is 7.92. The Hall–Kier alpha value is -1.82. The zero-order valence-corrected chi connectivity index (χ0v) is 16.1. The van der Waals surface area contributed by atoms with Gasteiger partial charge in [-0.25, -0.2) is 0 Å². The minimum atomic E-state index is -0.392. The quantitative estimate of drug-likeness (QED) is 0.651. The van der Waals surface area contributed by atoms with E-state index in [2.05, 4.69) is 10.9 Å². The van der Waals surface area contributed by atoms with Crippen LogP contribution >= 0.6 is 34.8 Å². The van der Waals surface area contributed by atoms with Crippen molar-refractivity contribution in [2.45, 2.75) is 20.0 Å². The highest BCUT2D eigenvalue weighted by molar-refractivity contribution is 6.41. The number of hydrazine groups is 1. The van der Waals surface area contributed by atoms with Crippen molar-refractivity contribution >= 4 is 46.4 Å². The maximum absolute atomic E-state index is 12.3. The van der Waals surface area contributed by atoms with E-state index in [4.69, 9.17) is 44.3 Å². The van der Waals surface area contributed by atoms with Crippen molar-refractivity contribution in [1.82, 2.24) is 5.43 Å². The first-order chi connectivity index (χ1) is 11.8. The summed E-state index contributed by atoms with van der Waals surface area (Å²) in [5.74, 6) is 0.631. The Morgan fingerprint density at radius 1 is 1.04 bits per heavy atom. The first-order valence-corrected chi connectivity index (χ1v) is 8.50. The Bertz CT molecular complexity index is 759. The average molecular weight is 404 g/mol. The molecule has 0 atom stereocenters. The number of benzene rings is 2. The van der Waals surface area contributed by atoms with Crippen molar-refractivity contribution in [2.75, 3.05) is 12.5 Å². The number of rotatable bonds is 6. The summed E-state index contributed by atoms with van der Waals surface area (Å²) in [5, 5.41) is 0.976. The molecule has 0 bridgehead atoms.